The van der Waals surface area contributed by atoms with Gasteiger partial charge in [-0.1, -0.05) is 18.2 Å². The van der Waals surface area contributed by atoms with Crippen LogP contribution in [0.15, 0.2) is 24.4 Å². The van der Waals surface area contributed by atoms with E-state index in [2.05, 4.69) is 54.1 Å². The monoisotopic (exact) mass is 338 g/mol. The Kier molecular flexibility index (Phi) is 4.55. The van der Waals surface area contributed by atoms with Crippen molar-refractivity contribution in [1.29, 1.82) is 0 Å². The maximum Gasteiger partial charge on any atom is 0.136 e. The van der Waals surface area contributed by atoms with Crippen LogP contribution in [0.2, 0.25) is 0 Å². The van der Waals surface area contributed by atoms with Crippen LogP contribution in [0.4, 0.5) is 11.5 Å². The standard InChI is InChI=1S/C21H30N4/c1-15(2)23-19-13-22-21(18-8-6-7-16(3)20(18)19)25-12-9-17(14-25)24-10-4-5-11-24/h6-8,13,15,17,23H,4-5,9-12,14H2,1-3H3. The molecule has 1 unspecified atom stereocenters. The lowest BCUT2D eigenvalue weighted by atomic mass is 10.0. The first-order valence-corrected chi connectivity index (χ1v) is 9.77. The molecule has 25 heavy (non-hydrogen) atoms. The highest BCUT2D eigenvalue weighted by Gasteiger charge is 2.30. The Morgan fingerprint density at radius 2 is 1.96 bits per heavy atom. The van der Waals surface area contributed by atoms with Gasteiger partial charge in [-0.15, -0.1) is 0 Å². The third-order valence-electron chi connectivity index (χ3n) is 5.66. The van der Waals surface area contributed by atoms with Gasteiger partial charge in [0, 0.05) is 35.9 Å². The molecule has 0 amide bonds. The molecule has 2 fully saturated rings. The molecule has 4 heteroatoms. The molecule has 0 saturated carbocycles. The topological polar surface area (TPSA) is 31.4 Å². The van der Waals surface area contributed by atoms with Crippen LogP contribution >= 0.6 is 0 Å². The van der Waals surface area contributed by atoms with Gasteiger partial charge in [0.2, 0.25) is 0 Å². The number of nitrogens with zero attached hydrogens (tertiary/aromatic N) is 3. The summed E-state index contributed by atoms with van der Waals surface area (Å²) in [4.78, 5) is 10.1. The third-order valence-corrected chi connectivity index (χ3v) is 5.66. The van der Waals surface area contributed by atoms with Gasteiger partial charge in [0.15, 0.2) is 0 Å². The van der Waals surface area contributed by atoms with Crippen LogP contribution in [0.1, 0.15) is 38.7 Å². The van der Waals surface area contributed by atoms with Crippen molar-refractivity contribution in [3.8, 4) is 0 Å². The van der Waals surface area contributed by atoms with Crippen LogP contribution in [-0.2, 0) is 0 Å². The van der Waals surface area contributed by atoms with Crippen LogP contribution in [0, 0.1) is 6.92 Å². The Morgan fingerprint density at radius 1 is 1.16 bits per heavy atom. The first-order valence-electron chi connectivity index (χ1n) is 9.77. The smallest absolute Gasteiger partial charge is 0.136 e. The summed E-state index contributed by atoms with van der Waals surface area (Å²) in [7, 11) is 0. The van der Waals surface area contributed by atoms with E-state index >= 15 is 0 Å². The summed E-state index contributed by atoms with van der Waals surface area (Å²) < 4.78 is 0. The van der Waals surface area contributed by atoms with Crippen LogP contribution in [0.3, 0.4) is 0 Å². The number of nitrogens with one attached hydrogen (secondary N) is 1. The normalized spacial score (nSPS) is 21.6. The van der Waals surface area contributed by atoms with E-state index < -0.39 is 0 Å². The number of rotatable bonds is 4. The number of benzene rings is 1. The second kappa shape index (κ2) is 6.83. The summed E-state index contributed by atoms with van der Waals surface area (Å²) >= 11 is 0. The number of aromatic nitrogens is 1. The number of anilines is 2. The predicted molar refractivity (Wildman–Crippen MR) is 107 cm³/mol. The van der Waals surface area contributed by atoms with E-state index in [1.807, 2.05) is 6.20 Å². The highest BCUT2D eigenvalue weighted by atomic mass is 15.3. The highest BCUT2D eigenvalue weighted by Crippen LogP contribution is 2.35. The van der Waals surface area contributed by atoms with E-state index in [1.165, 1.54) is 48.7 Å². The summed E-state index contributed by atoms with van der Waals surface area (Å²) in [5.74, 6) is 1.16. The molecule has 1 atom stereocenters. The minimum Gasteiger partial charge on any atom is -0.381 e. The van der Waals surface area contributed by atoms with Gasteiger partial charge in [-0.05, 0) is 58.7 Å². The third kappa shape index (κ3) is 3.20. The van der Waals surface area contributed by atoms with E-state index in [0.29, 0.717) is 12.1 Å². The molecule has 1 aromatic carbocycles. The molecule has 0 aliphatic carbocycles. The van der Waals surface area contributed by atoms with E-state index in [0.717, 1.165) is 24.6 Å². The number of pyridine rings is 1. The maximum absolute atomic E-state index is 4.89. The molecule has 2 aromatic rings. The van der Waals surface area contributed by atoms with Crippen molar-refractivity contribution in [2.45, 2.75) is 52.1 Å². The van der Waals surface area contributed by atoms with Crippen molar-refractivity contribution in [3.05, 3.63) is 30.0 Å². The Labute approximate surface area is 151 Å². The molecular formula is C21H30N4. The maximum atomic E-state index is 4.89. The average molecular weight is 338 g/mol. The zero-order valence-electron chi connectivity index (χ0n) is 15.8. The van der Waals surface area contributed by atoms with Crippen molar-refractivity contribution in [3.63, 3.8) is 0 Å². The Morgan fingerprint density at radius 3 is 2.72 bits per heavy atom. The molecule has 4 nitrogen and oxygen atoms in total. The Balaban J connectivity index is 1.67. The number of hydrogen-bond donors (Lipinski definition) is 1. The predicted octanol–water partition coefficient (Wildman–Crippen LogP) is 4.04. The van der Waals surface area contributed by atoms with Crippen LogP contribution < -0.4 is 10.2 Å². The van der Waals surface area contributed by atoms with Gasteiger partial charge in [-0.2, -0.15) is 0 Å². The minimum absolute atomic E-state index is 0.404. The van der Waals surface area contributed by atoms with Crippen molar-refractivity contribution in [2.75, 3.05) is 36.4 Å². The number of likely N-dealkylation sites (tertiary alicyclic amines) is 1. The summed E-state index contributed by atoms with van der Waals surface area (Å²) in [6.45, 7) is 11.4. The van der Waals surface area contributed by atoms with Crippen molar-refractivity contribution >= 4 is 22.3 Å². The summed E-state index contributed by atoms with van der Waals surface area (Å²) in [6.07, 6.45) is 6.04. The zero-order valence-corrected chi connectivity index (χ0v) is 15.8. The molecule has 0 spiro atoms. The van der Waals surface area contributed by atoms with E-state index in [9.17, 15) is 0 Å². The van der Waals surface area contributed by atoms with Crippen LogP contribution in [0.5, 0.6) is 0 Å². The number of hydrogen-bond acceptors (Lipinski definition) is 4. The molecule has 1 aromatic heterocycles. The minimum atomic E-state index is 0.404. The zero-order chi connectivity index (χ0) is 17.4. The summed E-state index contributed by atoms with van der Waals surface area (Å²) in [5.41, 5.74) is 2.47. The summed E-state index contributed by atoms with van der Waals surface area (Å²) in [6, 6.07) is 7.71. The quantitative estimate of drug-likeness (QED) is 0.912. The molecule has 2 saturated heterocycles. The van der Waals surface area contributed by atoms with Gasteiger partial charge in [-0.3, -0.25) is 4.90 Å². The molecule has 4 rings (SSSR count). The second-order valence-corrected chi connectivity index (χ2v) is 7.92. The van der Waals surface area contributed by atoms with Crippen LogP contribution in [0.25, 0.3) is 10.8 Å². The first kappa shape index (κ1) is 16.6. The molecule has 1 N–H and O–H groups in total. The fraction of sp³-hybridized carbons (Fsp3) is 0.571. The molecule has 3 heterocycles. The van der Waals surface area contributed by atoms with Crippen LogP contribution in [-0.4, -0.2) is 48.1 Å². The molecule has 0 radical (unpaired) electrons. The van der Waals surface area contributed by atoms with Gasteiger partial charge in [0.25, 0.3) is 0 Å². The van der Waals surface area contributed by atoms with Gasteiger partial charge < -0.3 is 10.2 Å². The average Bonchev–Trinajstić information content (AvgIpc) is 3.26. The second-order valence-electron chi connectivity index (χ2n) is 7.92. The van der Waals surface area contributed by atoms with Gasteiger partial charge in [0.1, 0.15) is 5.82 Å². The van der Waals surface area contributed by atoms with Crippen molar-refractivity contribution < 1.29 is 0 Å². The lowest BCUT2D eigenvalue weighted by Crippen LogP contribution is -2.35. The first-order chi connectivity index (χ1) is 12.1. The fourth-order valence-corrected chi connectivity index (χ4v) is 4.48. The lowest BCUT2D eigenvalue weighted by Gasteiger charge is -2.25. The van der Waals surface area contributed by atoms with E-state index in [1.54, 1.807) is 0 Å². The number of fused-ring (bicyclic) bond motifs is 1. The number of aryl methyl sites for hydroxylation is 1. The fourth-order valence-electron chi connectivity index (χ4n) is 4.48. The lowest BCUT2D eigenvalue weighted by molar-refractivity contribution is 0.260. The van der Waals surface area contributed by atoms with Crippen molar-refractivity contribution in [2.24, 2.45) is 0 Å². The molecule has 2 aliphatic heterocycles. The van der Waals surface area contributed by atoms with Gasteiger partial charge in [-0.25, -0.2) is 4.98 Å². The SMILES string of the molecule is Cc1cccc2c(N3CCC(N4CCCC4)C3)ncc(NC(C)C)c12. The molecular weight excluding hydrogens is 308 g/mol. The van der Waals surface area contributed by atoms with E-state index in [4.69, 9.17) is 4.98 Å². The molecule has 2 aliphatic rings. The summed E-state index contributed by atoms with van der Waals surface area (Å²) in [5, 5.41) is 6.18. The Bertz CT molecular complexity index is 749. The highest BCUT2D eigenvalue weighted by molar-refractivity contribution is 6.02. The van der Waals surface area contributed by atoms with E-state index in [-0.39, 0.29) is 0 Å². The molecule has 134 valence electrons. The van der Waals surface area contributed by atoms with Crippen molar-refractivity contribution in [1.82, 2.24) is 9.88 Å². The largest absolute Gasteiger partial charge is 0.381 e. The van der Waals surface area contributed by atoms with Gasteiger partial charge in [0.05, 0.1) is 11.9 Å². The molecule has 0 bridgehead atoms. The Hall–Kier alpha value is -1.81. The van der Waals surface area contributed by atoms with Gasteiger partial charge >= 0.3 is 0 Å².